The van der Waals surface area contributed by atoms with Crippen LogP contribution in [0.15, 0.2) is 23.1 Å². The number of methoxy groups -OCH3 is 2. The second-order valence-electron chi connectivity index (χ2n) is 11.2. The number of aromatic nitrogens is 6. The average Bonchev–Trinajstić information content (AvgIpc) is 3.25. The van der Waals surface area contributed by atoms with Gasteiger partial charge in [0.2, 0.25) is 5.91 Å². The van der Waals surface area contributed by atoms with E-state index in [1.807, 2.05) is 6.92 Å². The molecular weight excluding hydrogens is 554 g/mol. The Bertz CT molecular complexity index is 2090. The van der Waals surface area contributed by atoms with E-state index in [9.17, 15) is 14.4 Å². The fourth-order valence-electron chi connectivity index (χ4n) is 6.20. The first-order valence-corrected chi connectivity index (χ1v) is 13.8. The predicted octanol–water partition coefficient (Wildman–Crippen LogP) is 2.91. The van der Waals surface area contributed by atoms with Crippen LogP contribution in [-0.2, 0) is 26.8 Å². The summed E-state index contributed by atoms with van der Waals surface area (Å²) >= 11 is 0. The van der Waals surface area contributed by atoms with Crippen LogP contribution in [0, 0.1) is 12.8 Å². The Labute approximate surface area is 257 Å². The van der Waals surface area contributed by atoms with Crippen LogP contribution in [0.3, 0.4) is 0 Å². The number of rotatable bonds is 8. The van der Waals surface area contributed by atoms with Crippen LogP contribution < -0.4 is 22.1 Å². The molecule has 2 aliphatic rings. The van der Waals surface area contributed by atoms with Gasteiger partial charge < -0.3 is 25.8 Å². The number of ether oxygens (including phenoxy) is 2. The molecule has 5 unspecified atom stereocenters. The number of aryl methyl sites for hydroxylation is 2. The molecule has 4 aromatic rings. The highest BCUT2D eigenvalue weighted by atomic mass is 16.5. The summed E-state index contributed by atoms with van der Waals surface area (Å²) in [6, 6.07) is 1.10. The second-order valence-corrected chi connectivity index (χ2v) is 11.2. The number of amides is 2. The number of alkyl carbamates (subject to hydrolysis) is 1. The summed E-state index contributed by atoms with van der Waals surface area (Å²) in [5, 5.41) is 5.59. The Hall–Kier alpha value is -4.46. The van der Waals surface area contributed by atoms with E-state index in [4.69, 9.17) is 25.0 Å². The fourth-order valence-corrected chi connectivity index (χ4v) is 6.20. The number of imidazole rings is 2. The van der Waals surface area contributed by atoms with E-state index in [0.717, 1.165) is 0 Å². The first kappa shape index (κ1) is 21.3. The molecule has 4 aromatic heterocycles. The standard InChI is InChI=1S/C29H37N9O5/c1-14-9-22(34-25-23(14)35-24(16(3)42-5)38(25)29(26(30)39)12-15(29)2)33-21-11-19-20(13-31-21)36(4)28(41)37(19)18-8-7-17(10-18)32-27(40)43-6/h9,11,13,15-18H,7-8,10,12H2,1-6H3,(H2,30,39)(H,32,40)(H,31,33,34)/i4D3,5D3,17D. The molecule has 5 atom stereocenters. The predicted molar refractivity (Wildman–Crippen MR) is 159 cm³/mol. The lowest BCUT2D eigenvalue weighted by atomic mass is 10.1. The van der Waals surface area contributed by atoms with Crippen molar-refractivity contribution in [1.82, 2.24) is 34.0 Å². The quantitative estimate of drug-likeness (QED) is 0.276. The minimum Gasteiger partial charge on any atom is -0.453 e. The summed E-state index contributed by atoms with van der Waals surface area (Å²) in [4.78, 5) is 52.3. The first-order chi connectivity index (χ1) is 23.2. The van der Waals surface area contributed by atoms with E-state index < -0.39 is 55.4 Å². The Balaban J connectivity index is 1.45. The highest BCUT2D eigenvalue weighted by Gasteiger charge is 2.60. The first-order valence-electron chi connectivity index (χ1n) is 17.3. The molecule has 2 saturated carbocycles. The zero-order chi connectivity index (χ0) is 36.7. The zero-order valence-electron chi connectivity index (χ0n) is 31.1. The summed E-state index contributed by atoms with van der Waals surface area (Å²) in [6.07, 6.45) is 0.293. The summed E-state index contributed by atoms with van der Waals surface area (Å²) in [5.74, 6) is -0.204. The second kappa shape index (κ2) is 10.4. The average molecular weight is 599 g/mol. The molecule has 4 heterocycles. The maximum atomic E-state index is 13.7. The van der Waals surface area contributed by atoms with Crippen molar-refractivity contribution in [2.45, 2.75) is 70.2 Å². The van der Waals surface area contributed by atoms with Gasteiger partial charge in [0, 0.05) is 36.3 Å². The number of primary amides is 1. The van der Waals surface area contributed by atoms with Crippen molar-refractivity contribution < 1.29 is 28.7 Å². The molecule has 2 amide bonds. The van der Waals surface area contributed by atoms with Crippen molar-refractivity contribution in [3.05, 3.63) is 40.2 Å². The van der Waals surface area contributed by atoms with Crippen LogP contribution in [0.2, 0.25) is 0 Å². The van der Waals surface area contributed by atoms with Gasteiger partial charge in [0.1, 0.15) is 34.6 Å². The highest BCUT2D eigenvalue weighted by molar-refractivity contribution is 5.90. The topological polar surface area (TPSA) is 173 Å². The van der Waals surface area contributed by atoms with Gasteiger partial charge in [0.15, 0.2) is 5.65 Å². The zero-order valence-corrected chi connectivity index (χ0v) is 24.1. The molecule has 0 spiro atoms. The molecule has 0 bridgehead atoms. The van der Waals surface area contributed by atoms with E-state index >= 15 is 0 Å². The molecule has 6 rings (SSSR count). The SMILES string of the molecule is [2H]C1(NC(=O)OC)CCC(n2c(=O)n(C([2H])([2H])[2H])c3cnc(Nc4cc(C)c5nc(C(C)OC([2H])([2H])[2H])n(C6(C(N)=O)CC6C)c5n4)cc32)C1. The third-order valence-electron chi connectivity index (χ3n) is 8.58. The van der Waals surface area contributed by atoms with E-state index in [2.05, 4.69) is 25.3 Å². The number of hydrogen-bond donors (Lipinski definition) is 3. The van der Waals surface area contributed by atoms with Crippen molar-refractivity contribution in [2.75, 3.05) is 19.5 Å². The molecule has 228 valence electrons. The molecule has 14 heteroatoms. The van der Waals surface area contributed by atoms with Crippen LogP contribution in [0.5, 0.6) is 0 Å². The normalized spacial score (nSPS) is 28.6. The minimum atomic E-state index is -2.84. The number of nitrogens with two attached hydrogens (primary N) is 1. The van der Waals surface area contributed by atoms with Crippen molar-refractivity contribution in [3.63, 3.8) is 0 Å². The maximum Gasteiger partial charge on any atom is 0.407 e. The Kier molecular flexibility index (Phi) is 5.13. The van der Waals surface area contributed by atoms with Gasteiger partial charge in [0.25, 0.3) is 0 Å². The van der Waals surface area contributed by atoms with E-state index in [1.165, 1.54) is 30.9 Å². The number of pyridine rings is 2. The van der Waals surface area contributed by atoms with Crippen LogP contribution in [-0.4, -0.2) is 60.8 Å². The van der Waals surface area contributed by atoms with Crippen molar-refractivity contribution in [3.8, 4) is 0 Å². The Morgan fingerprint density at radius 2 is 2.05 bits per heavy atom. The minimum absolute atomic E-state index is 0.0148. The van der Waals surface area contributed by atoms with Gasteiger partial charge in [-0.15, -0.1) is 0 Å². The summed E-state index contributed by atoms with van der Waals surface area (Å²) < 4.78 is 69.1. The number of hydrogen-bond acceptors (Lipinski definition) is 9. The van der Waals surface area contributed by atoms with Gasteiger partial charge in [-0.25, -0.2) is 24.5 Å². The number of carbonyl (C=O) groups is 2. The summed E-state index contributed by atoms with van der Waals surface area (Å²) in [5.41, 5.74) is 5.44. The lowest BCUT2D eigenvalue weighted by Gasteiger charge is -2.21. The number of fused-ring (bicyclic) bond motifs is 2. The third kappa shape index (κ3) is 4.51. The van der Waals surface area contributed by atoms with Gasteiger partial charge in [0.05, 0.1) is 29.8 Å². The van der Waals surface area contributed by atoms with Crippen molar-refractivity contribution in [2.24, 2.45) is 18.6 Å². The lowest BCUT2D eigenvalue weighted by molar-refractivity contribution is -0.122. The van der Waals surface area contributed by atoms with Crippen molar-refractivity contribution >= 4 is 45.8 Å². The van der Waals surface area contributed by atoms with E-state index in [-0.39, 0.29) is 52.9 Å². The van der Waals surface area contributed by atoms with Gasteiger partial charge in [-0.1, -0.05) is 6.92 Å². The van der Waals surface area contributed by atoms with E-state index in [0.29, 0.717) is 28.5 Å². The molecule has 2 aliphatic carbocycles. The summed E-state index contributed by atoms with van der Waals surface area (Å²) in [6.45, 7) is 2.29. The van der Waals surface area contributed by atoms with Crippen LogP contribution in [0.25, 0.3) is 22.2 Å². The molecule has 2 fully saturated rings. The molecule has 14 nitrogen and oxygen atoms in total. The Morgan fingerprint density at radius 3 is 2.72 bits per heavy atom. The number of anilines is 2. The van der Waals surface area contributed by atoms with Gasteiger partial charge in [-0.2, -0.15) is 0 Å². The number of carbonyl (C=O) groups excluding carboxylic acids is 2. The maximum absolute atomic E-state index is 13.7. The summed E-state index contributed by atoms with van der Waals surface area (Å²) in [7, 11) is -1.56. The number of nitrogens with zero attached hydrogens (tertiary/aromatic N) is 6. The van der Waals surface area contributed by atoms with Gasteiger partial charge >= 0.3 is 11.8 Å². The van der Waals surface area contributed by atoms with E-state index in [1.54, 1.807) is 17.6 Å². The molecule has 0 aromatic carbocycles. The molecule has 43 heavy (non-hydrogen) atoms. The highest BCUT2D eigenvalue weighted by Crippen LogP contribution is 2.52. The molecule has 4 N–H and O–H groups in total. The smallest absolute Gasteiger partial charge is 0.407 e. The third-order valence-corrected chi connectivity index (χ3v) is 8.58. The molecule has 0 saturated heterocycles. The van der Waals surface area contributed by atoms with Crippen molar-refractivity contribution in [1.29, 1.82) is 0 Å². The van der Waals surface area contributed by atoms with Gasteiger partial charge in [-0.05, 0) is 57.1 Å². The van der Waals surface area contributed by atoms with Crippen LogP contribution in [0.4, 0.5) is 16.4 Å². The number of nitrogens with one attached hydrogen (secondary N) is 2. The molecule has 0 aliphatic heterocycles. The monoisotopic (exact) mass is 598 g/mol. The van der Waals surface area contributed by atoms with Gasteiger partial charge in [-0.3, -0.25) is 18.5 Å². The van der Waals surface area contributed by atoms with Crippen LogP contribution in [0.1, 0.15) is 72.7 Å². The molecule has 0 radical (unpaired) electrons. The largest absolute Gasteiger partial charge is 0.453 e. The lowest BCUT2D eigenvalue weighted by Crippen LogP contribution is -2.37. The fraction of sp³-hybridized carbons (Fsp3) is 0.517. The van der Waals surface area contributed by atoms with Crippen LogP contribution >= 0.6 is 0 Å². The molecular formula is C29H37N9O5. The Morgan fingerprint density at radius 1 is 1.26 bits per heavy atom.